The summed E-state index contributed by atoms with van der Waals surface area (Å²) in [5.74, 6) is -0.791. The van der Waals surface area contributed by atoms with Gasteiger partial charge in [-0.2, -0.15) is 18.3 Å². The maximum Gasteiger partial charge on any atom is 0.438 e. The minimum atomic E-state index is -4.68. The number of ether oxygens (including phenoxy) is 2. The molecule has 0 aliphatic rings. The van der Waals surface area contributed by atoms with Gasteiger partial charge >= 0.3 is 6.18 Å². The van der Waals surface area contributed by atoms with Gasteiger partial charge < -0.3 is 14.7 Å². The highest BCUT2D eigenvalue weighted by molar-refractivity contribution is 5.32. The zero-order valence-corrected chi connectivity index (χ0v) is 10.4. The molecule has 0 N–H and O–H groups in total. The van der Waals surface area contributed by atoms with Gasteiger partial charge in [0.2, 0.25) is 5.69 Å². The standard InChI is InChI=1S/C10H9F3N4O3/c1-16-5-7(9(15-16)10(11,12)13)20-8-3-6(19-2)4-17(18)14-8/h3-5H,1-2H3. The number of aromatic nitrogens is 4. The van der Waals surface area contributed by atoms with Crippen LogP contribution in [0, 0.1) is 5.21 Å². The highest BCUT2D eigenvalue weighted by Gasteiger charge is 2.38. The van der Waals surface area contributed by atoms with Crippen molar-refractivity contribution in [1.29, 1.82) is 0 Å². The molecular weight excluding hydrogens is 281 g/mol. The molecule has 0 aliphatic heterocycles. The zero-order chi connectivity index (χ0) is 14.9. The molecule has 0 aliphatic carbocycles. The monoisotopic (exact) mass is 290 g/mol. The van der Waals surface area contributed by atoms with E-state index in [0.29, 0.717) is 0 Å². The molecule has 0 fully saturated rings. The molecule has 0 bridgehead atoms. The van der Waals surface area contributed by atoms with Crippen molar-refractivity contribution >= 4 is 0 Å². The average molecular weight is 290 g/mol. The zero-order valence-electron chi connectivity index (χ0n) is 10.4. The predicted octanol–water partition coefficient (Wildman–Crippen LogP) is 1.27. The average Bonchev–Trinajstić information content (AvgIpc) is 2.69. The third-order valence-corrected chi connectivity index (χ3v) is 2.21. The Labute approximate surface area is 110 Å². The van der Waals surface area contributed by atoms with Gasteiger partial charge in [-0.3, -0.25) is 4.68 Å². The summed E-state index contributed by atoms with van der Waals surface area (Å²) in [6, 6.07) is 1.18. The molecular formula is C10H9F3N4O3. The molecule has 108 valence electrons. The van der Waals surface area contributed by atoms with Gasteiger partial charge in [-0.1, -0.05) is 4.85 Å². The molecule has 0 spiro atoms. The molecule has 0 radical (unpaired) electrons. The smallest absolute Gasteiger partial charge is 0.438 e. The van der Waals surface area contributed by atoms with Gasteiger partial charge in [-0.05, 0) is 0 Å². The Morgan fingerprint density at radius 1 is 1.40 bits per heavy atom. The lowest BCUT2D eigenvalue weighted by atomic mass is 10.4. The molecule has 2 aromatic rings. The van der Waals surface area contributed by atoms with Crippen LogP contribution in [-0.4, -0.2) is 22.0 Å². The first-order valence-corrected chi connectivity index (χ1v) is 5.24. The normalized spacial score (nSPS) is 11.4. The summed E-state index contributed by atoms with van der Waals surface area (Å²) < 4.78 is 48.9. The van der Waals surface area contributed by atoms with Gasteiger partial charge in [0.25, 0.3) is 12.1 Å². The van der Waals surface area contributed by atoms with E-state index in [1.54, 1.807) is 0 Å². The molecule has 0 aromatic carbocycles. The molecule has 20 heavy (non-hydrogen) atoms. The van der Waals surface area contributed by atoms with Crippen LogP contribution in [0.3, 0.4) is 0 Å². The number of hydrogen-bond donors (Lipinski definition) is 0. The lowest BCUT2D eigenvalue weighted by Gasteiger charge is -2.07. The summed E-state index contributed by atoms with van der Waals surface area (Å²) >= 11 is 0. The van der Waals surface area contributed by atoms with Crippen molar-refractivity contribution in [1.82, 2.24) is 14.9 Å². The van der Waals surface area contributed by atoms with E-state index < -0.39 is 17.6 Å². The van der Waals surface area contributed by atoms with E-state index in [4.69, 9.17) is 9.47 Å². The van der Waals surface area contributed by atoms with E-state index in [-0.39, 0.29) is 16.5 Å². The Hall–Kier alpha value is -2.52. The number of nitrogens with zero attached hydrogens (tertiary/aromatic N) is 4. The second-order valence-electron chi connectivity index (χ2n) is 3.74. The van der Waals surface area contributed by atoms with Crippen molar-refractivity contribution in [2.24, 2.45) is 7.05 Å². The van der Waals surface area contributed by atoms with Crippen LogP contribution in [-0.2, 0) is 13.2 Å². The summed E-state index contributed by atoms with van der Waals surface area (Å²) in [4.78, 5) is 0.123. The molecule has 2 rings (SSSR count). The number of halogens is 3. The molecule has 0 amide bonds. The summed E-state index contributed by atoms with van der Waals surface area (Å²) in [5, 5.41) is 17.8. The minimum Gasteiger partial charge on any atom is -0.594 e. The SMILES string of the molecule is COc1cc(Oc2cn(C)nc2C(F)(F)F)n[n+]([O-])c1. The van der Waals surface area contributed by atoms with Gasteiger partial charge in [-0.25, -0.2) is 0 Å². The van der Waals surface area contributed by atoms with Gasteiger partial charge in [-0.15, -0.1) is 0 Å². The van der Waals surface area contributed by atoms with Crippen LogP contribution < -0.4 is 14.3 Å². The highest BCUT2D eigenvalue weighted by atomic mass is 19.4. The van der Waals surface area contributed by atoms with E-state index in [0.717, 1.165) is 17.1 Å². The van der Waals surface area contributed by atoms with Gasteiger partial charge in [0.05, 0.1) is 24.5 Å². The minimum absolute atomic E-state index is 0.0995. The molecule has 0 atom stereocenters. The van der Waals surface area contributed by atoms with Gasteiger partial charge in [0.1, 0.15) is 0 Å². The first-order valence-electron chi connectivity index (χ1n) is 5.24. The van der Waals surface area contributed by atoms with Crippen molar-refractivity contribution in [3.8, 4) is 17.4 Å². The molecule has 2 heterocycles. The van der Waals surface area contributed by atoms with Crippen LogP contribution in [0.4, 0.5) is 13.2 Å². The van der Waals surface area contributed by atoms with E-state index in [1.807, 2.05) is 0 Å². The Bertz CT molecular complexity index is 627. The lowest BCUT2D eigenvalue weighted by molar-refractivity contribution is -0.670. The number of hydrogen-bond acceptors (Lipinski definition) is 5. The van der Waals surface area contributed by atoms with Gasteiger partial charge in [0, 0.05) is 7.05 Å². The molecule has 0 unspecified atom stereocenters. The van der Waals surface area contributed by atoms with Crippen LogP contribution >= 0.6 is 0 Å². The van der Waals surface area contributed by atoms with Crippen LogP contribution in [0.1, 0.15) is 5.69 Å². The molecule has 10 heteroatoms. The predicted molar refractivity (Wildman–Crippen MR) is 58.0 cm³/mol. The van der Waals surface area contributed by atoms with Crippen LogP contribution in [0.25, 0.3) is 0 Å². The van der Waals surface area contributed by atoms with Crippen molar-refractivity contribution in [3.63, 3.8) is 0 Å². The highest BCUT2D eigenvalue weighted by Crippen LogP contribution is 2.36. The largest absolute Gasteiger partial charge is 0.594 e. The summed E-state index contributed by atoms with van der Waals surface area (Å²) in [6.07, 6.45) is -2.65. The summed E-state index contributed by atoms with van der Waals surface area (Å²) in [7, 11) is 2.61. The quantitative estimate of drug-likeness (QED) is 0.628. The van der Waals surface area contributed by atoms with Crippen LogP contribution in [0.2, 0.25) is 0 Å². The number of rotatable bonds is 3. The fourth-order valence-corrected chi connectivity index (χ4v) is 1.43. The topological polar surface area (TPSA) is 76.1 Å². The Kier molecular flexibility index (Phi) is 3.38. The van der Waals surface area contributed by atoms with E-state index in [1.165, 1.54) is 20.2 Å². The molecule has 0 saturated heterocycles. The maximum atomic E-state index is 12.7. The third-order valence-electron chi connectivity index (χ3n) is 2.21. The van der Waals surface area contributed by atoms with Crippen LogP contribution in [0.15, 0.2) is 18.5 Å². The number of aryl methyl sites for hydroxylation is 1. The number of methoxy groups -OCH3 is 1. The fourth-order valence-electron chi connectivity index (χ4n) is 1.43. The molecule has 7 nitrogen and oxygen atoms in total. The summed E-state index contributed by atoms with van der Waals surface area (Å²) in [5.41, 5.74) is -1.21. The second-order valence-corrected chi connectivity index (χ2v) is 3.74. The lowest BCUT2D eigenvalue weighted by Crippen LogP contribution is -2.30. The van der Waals surface area contributed by atoms with Crippen LogP contribution in [0.5, 0.6) is 17.4 Å². The Balaban J connectivity index is 2.37. The van der Waals surface area contributed by atoms with E-state index in [9.17, 15) is 18.4 Å². The van der Waals surface area contributed by atoms with Gasteiger partial charge in [0.15, 0.2) is 11.5 Å². The fraction of sp³-hybridized carbons (Fsp3) is 0.300. The third kappa shape index (κ3) is 2.90. The maximum absolute atomic E-state index is 12.7. The first kappa shape index (κ1) is 13.9. The van der Waals surface area contributed by atoms with Crippen molar-refractivity contribution < 1.29 is 27.5 Å². The van der Waals surface area contributed by atoms with Crippen molar-refractivity contribution in [2.45, 2.75) is 6.18 Å². The number of alkyl halides is 3. The molecule has 2 aromatic heterocycles. The van der Waals surface area contributed by atoms with Crippen molar-refractivity contribution in [2.75, 3.05) is 7.11 Å². The van der Waals surface area contributed by atoms with E-state index in [2.05, 4.69) is 10.2 Å². The summed E-state index contributed by atoms with van der Waals surface area (Å²) in [6.45, 7) is 0. The second kappa shape index (κ2) is 4.87. The van der Waals surface area contributed by atoms with E-state index >= 15 is 0 Å². The Morgan fingerprint density at radius 3 is 2.70 bits per heavy atom. The molecule has 0 saturated carbocycles. The Morgan fingerprint density at radius 2 is 2.10 bits per heavy atom. The first-order chi connectivity index (χ1) is 9.29. The van der Waals surface area contributed by atoms with Crippen molar-refractivity contribution in [3.05, 3.63) is 29.4 Å².